The number of hydrogen-bond donors (Lipinski definition) is 0. The summed E-state index contributed by atoms with van der Waals surface area (Å²) in [6.45, 7) is 0. The number of nitro groups is 1. The van der Waals surface area contributed by atoms with Crippen molar-refractivity contribution in [1.29, 1.82) is 0 Å². The van der Waals surface area contributed by atoms with E-state index in [1.165, 1.54) is 37.4 Å². The van der Waals surface area contributed by atoms with E-state index >= 15 is 0 Å². The summed E-state index contributed by atoms with van der Waals surface area (Å²) in [5, 5.41) is 12.3. The van der Waals surface area contributed by atoms with Gasteiger partial charge < -0.3 is 4.74 Å². The Morgan fingerprint density at radius 2 is 1.84 bits per heavy atom. The van der Waals surface area contributed by atoms with Gasteiger partial charge in [0.15, 0.2) is 5.76 Å². The first-order chi connectivity index (χ1) is 15.2. The minimum Gasteiger partial charge on any atom is -0.438 e. The summed E-state index contributed by atoms with van der Waals surface area (Å²) in [6.07, 6.45) is -3.08. The van der Waals surface area contributed by atoms with Crippen molar-refractivity contribution in [1.82, 2.24) is 0 Å². The summed E-state index contributed by atoms with van der Waals surface area (Å²) in [4.78, 5) is 27.5. The summed E-state index contributed by atoms with van der Waals surface area (Å²) in [6, 6.07) is 13.9. The van der Waals surface area contributed by atoms with Crippen LogP contribution in [0.5, 0.6) is 0 Å². The molecule has 1 heterocycles. The second kappa shape index (κ2) is 7.92. The fraction of sp³-hybridized carbons (Fsp3) is 0.130. The third kappa shape index (κ3) is 3.84. The molecule has 1 unspecified atom stereocenters. The van der Waals surface area contributed by atoms with Gasteiger partial charge in [0.25, 0.3) is 5.69 Å². The molecular formula is C23H15F3N2O4. The van der Waals surface area contributed by atoms with E-state index < -0.39 is 28.4 Å². The van der Waals surface area contributed by atoms with Crippen molar-refractivity contribution in [3.05, 3.63) is 93.2 Å². The third-order valence-electron chi connectivity index (χ3n) is 5.13. The molecule has 9 heteroatoms. The monoisotopic (exact) mass is 440 g/mol. The molecular weight excluding hydrogens is 425 g/mol. The Hall–Kier alpha value is -4.01. The number of rotatable bonds is 3. The van der Waals surface area contributed by atoms with Gasteiger partial charge in [-0.2, -0.15) is 13.2 Å². The number of benzene rings is 3. The highest BCUT2D eigenvalue weighted by atomic mass is 19.4. The Balaban J connectivity index is 1.76. The molecule has 0 bridgehead atoms. The molecule has 6 nitrogen and oxygen atoms in total. The number of aliphatic imine (C=N–C) groups is 1. The first kappa shape index (κ1) is 21.2. The first-order valence-corrected chi connectivity index (χ1v) is 9.44. The molecule has 1 atom stereocenters. The van der Waals surface area contributed by atoms with Gasteiger partial charge in [-0.05, 0) is 40.1 Å². The fourth-order valence-electron chi connectivity index (χ4n) is 3.62. The van der Waals surface area contributed by atoms with Gasteiger partial charge in [0, 0.05) is 19.2 Å². The molecule has 0 aromatic heterocycles. The third-order valence-corrected chi connectivity index (χ3v) is 5.13. The van der Waals surface area contributed by atoms with E-state index in [4.69, 9.17) is 4.74 Å². The van der Waals surface area contributed by atoms with E-state index in [1.54, 1.807) is 24.3 Å². The smallest absolute Gasteiger partial charge is 0.416 e. The number of carbonyl (C=O) groups is 1. The summed E-state index contributed by atoms with van der Waals surface area (Å²) >= 11 is 0. The van der Waals surface area contributed by atoms with Crippen molar-refractivity contribution in [2.45, 2.75) is 12.1 Å². The minimum absolute atomic E-state index is 0.00329. The van der Waals surface area contributed by atoms with Gasteiger partial charge in [-0.25, -0.2) is 0 Å². The highest BCUT2D eigenvalue weighted by Crippen LogP contribution is 2.36. The Morgan fingerprint density at radius 3 is 2.53 bits per heavy atom. The molecule has 0 radical (unpaired) electrons. The average molecular weight is 440 g/mol. The quantitative estimate of drug-likeness (QED) is 0.305. The maximum atomic E-state index is 13.1. The van der Waals surface area contributed by atoms with Gasteiger partial charge in [-0.3, -0.25) is 19.9 Å². The number of allylic oxidation sites excluding steroid dienone is 1. The molecule has 0 saturated carbocycles. The molecule has 32 heavy (non-hydrogen) atoms. The number of alkyl halides is 3. The van der Waals surface area contributed by atoms with Crippen molar-refractivity contribution in [3.63, 3.8) is 0 Å². The van der Waals surface area contributed by atoms with Gasteiger partial charge in [-0.15, -0.1) is 0 Å². The van der Waals surface area contributed by atoms with Crippen LogP contribution in [0.15, 0.2) is 71.4 Å². The zero-order valence-electron chi connectivity index (χ0n) is 16.6. The molecule has 0 N–H and O–H groups in total. The van der Waals surface area contributed by atoms with Crippen molar-refractivity contribution in [2.24, 2.45) is 4.99 Å². The Morgan fingerprint density at radius 1 is 1.09 bits per heavy atom. The van der Waals surface area contributed by atoms with Crippen molar-refractivity contribution in [2.75, 3.05) is 7.05 Å². The van der Waals surface area contributed by atoms with E-state index in [0.717, 1.165) is 12.1 Å². The number of fused-ring (bicyclic) bond motifs is 1. The molecule has 0 spiro atoms. The number of carbonyl (C=O) groups excluding carboxylic acids is 1. The van der Waals surface area contributed by atoms with E-state index in [9.17, 15) is 28.1 Å². The summed E-state index contributed by atoms with van der Waals surface area (Å²) in [5.74, 6) is -1.69. The lowest BCUT2D eigenvalue weighted by Gasteiger charge is -2.11. The molecule has 1 fully saturated rings. The van der Waals surface area contributed by atoms with Gasteiger partial charge in [0.05, 0.1) is 10.5 Å². The number of Topliss-reactive ketones (excluding diaryl/α,β-unsaturated/α-hetero) is 1. The van der Waals surface area contributed by atoms with Crippen LogP contribution in [-0.2, 0) is 15.7 Å². The van der Waals surface area contributed by atoms with Gasteiger partial charge in [-0.1, -0.05) is 36.4 Å². The van der Waals surface area contributed by atoms with Gasteiger partial charge >= 0.3 is 6.18 Å². The molecule has 1 aliphatic heterocycles. The largest absolute Gasteiger partial charge is 0.438 e. The molecule has 162 valence electrons. The zero-order chi connectivity index (χ0) is 23.0. The van der Waals surface area contributed by atoms with E-state index in [1.807, 2.05) is 0 Å². The first-order valence-electron chi connectivity index (χ1n) is 9.44. The van der Waals surface area contributed by atoms with Crippen LogP contribution >= 0.6 is 0 Å². The lowest BCUT2D eigenvalue weighted by Crippen LogP contribution is -2.14. The summed E-state index contributed by atoms with van der Waals surface area (Å²) in [5.41, 5.74) is -0.241. The fourth-order valence-corrected chi connectivity index (χ4v) is 3.62. The molecule has 1 aliphatic rings. The predicted octanol–water partition coefficient (Wildman–Crippen LogP) is 5.52. The molecule has 0 aliphatic carbocycles. The van der Waals surface area contributed by atoms with Crippen LogP contribution in [0, 0.1) is 10.1 Å². The molecule has 1 saturated heterocycles. The molecule has 4 rings (SSSR count). The predicted molar refractivity (Wildman–Crippen MR) is 112 cm³/mol. The lowest BCUT2D eigenvalue weighted by molar-refractivity contribution is -0.384. The van der Waals surface area contributed by atoms with Crippen LogP contribution < -0.4 is 0 Å². The van der Waals surface area contributed by atoms with Crippen LogP contribution in [0.3, 0.4) is 0 Å². The maximum absolute atomic E-state index is 13.1. The number of non-ortho nitro benzene ring substituents is 1. The van der Waals surface area contributed by atoms with E-state index in [2.05, 4.69) is 4.99 Å². The van der Waals surface area contributed by atoms with Crippen LogP contribution in [0.25, 0.3) is 16.8 Å². The number of ether oxygens (including phenoxy) is 1. The van der Waals surface area contributed by atoms with Crippen LogP contribution in [-0.4, -0.2) is 23.7 Å². The second-order valence-electron chi connectivity index (χ2n) is 7.10. The Kier molecular flexibility index (Phi) is 5.25. The normalized spacial score (nSPS) is 19.0. The highest BCUT2D eigenvalue weighted by molar-refractivity contribution is 6.21. The van der Waals surface area contributed by atoms with Crippen molar-refractivity contribution in [3.8, 4) is 0 Å². The highest BCUT2D eigenvalue weighted by Gasteiger charge is 2.40. The molecule has 3 aromatic rings. The average Bonchev–Trinajstić information content (AvgIpc) is 3.08. The summed E-state index contributed by atoms with van der Waals surface area (Å²) < 4.78 is 45.0. The summed E-state index contributed by atoms with van der Waals surface area (Å²) in [7, 11) is 1.39. The number of halogens is 3. The topological polar surface area (TPSA) is 81.8 Å². The Labute approximate surface area is 179 Å². The SMILES string of the molecule is CN=C1OC(=Cc2cccc3cc([N+](=O)[O-])ccc23)C(=O)C1c1cccc(C(F)(F)F)c1. The number of hydrogen-bond acceptors (Lipinski definition) is 5. The van der Waals surface area contributed by atoms with Crippen LogP contribution in [0.1, 0.15) is 22.6 Å². The minimum atomic E-state index is -4.55. The number of ketones is 1. The van der Waals surface area contributed by atoms with E-state index in [-0.39, 0.29) is 22.9 Å². The standard InChI is InChI=1S/C23H15F3N2O4/c1-27-22-20(15-6-3-7-16(10-15)23(24,25)26)21(29)19(32-22)12-14-5-2-4-13-11-17(28(30)31)8-9-18(13)14/h2-12,20H,1H3. The van der Waals surface area contributed by atoms with E-state index in [0.29, 0.717) is 16.3 Å². The number of nitro benzene ring substituents is 1. The molecule has 3 aromatic carbocycles. The zero-order valence-corrected chi connectivity index (χ0v) is 16.6. The van der Waals surface area contributed by atoms with Crippen LogP contribution in [0.4, 0.5) is 18.9 Å². The Bertz CT molecular complexity index is 1310. The van der Waals surface area contributed by atoms with Crippen molar-refractivity contribution >= 4 is 34.2 Å². The van der Waals surface area contributed by atoms with Crippen molar-refractivity contribution < 1.29 is 27.6 Å². The number of nitrogens with zero attached hydrogens (tertiary/aromatic N) is 2. The second-order valence-corrected chi connectivity index (χ2v) is 7.10. The maximum Gasteiger partial charge on any atom is 0.416 e. The van der Waals surface area contributed by atoms with Gasteiger partial charge in [0.2, 0.25) is 11.7 Å². The van der Waals surface area contributed by atoms with Gasteiger partial charge in [0.1, 0.15) is 5.92 Å². The lowest BCUT2D eigenvalue weighted by atomic mass is 9.93. The van der Waals surface area contributed by atoms with Crippen LogP contribution in [0.2, 0.25) is 0 Å². The molecule has 0 amide bonds.